The zero-order chi connectivity index (χ0) is 14.2. The van der Waals surface area contributed by atoms with Gasteiger partial charge in [0.05, 0.1) is 12.2 Å². The number of rotatable bonds is 3. The maximum atomic E-state index is 11.8. The van der Waals surface area contributed by atoms with Gasteiger partial charge in [0.25, 0.3) is 5.56 Å². The van der Waals surface area contributed by atoms with Gasteiger partial charge in [-0.25, -0.2) is 4.79 Å². The summed E-state index contributed by atoms with van der Waals surface area (Å²) in [6.07, 6.45) is 0.492. The molecule has 0 amide bonds. The molecule has 0 bridgehead atoms. The highest BCUT2D eigenvalue weighted by Crippen LogP contribution is 2.38. The summed E-state index contributed by atoms with van der Waals surface area (Å²) in [5, 5.41) is 19.5. The average Bonchev–Trinajstić information content (AvgIpc) is 2.70. The highest BCUT2D eigenvalue weighted by molar-refractivity contribution is 5.18. The second kappa shape index (κ2) is 5.28. The number of nitrogens with zero attached hydrogens (tertiary/aromatic N) is 1. The number of methoxy groups -OCH3 is 1. The molecule has 7 nitrogen and oxygen atoms in total. The van der Waals surface area contributed by atoms with E-state index in [0.29, 0.717) is 12.0 Å². The third-order valence-corrected chi connectivity index (χ3v) is 3.81. The first-order chi connectivity index (χ1) is 8.99. The molecular weight excluding hydrogens is 252 g/mol. The number of nitrogens with one attached hydrogen (secondary N) is 1. The van der Waals surface area contributed by atoms with Crippen molar-refractivity contribution in [1.29, 1.82) is 0 Å². The van der Waals surface area contributed by atoms with E-state index in [4.69, 9.17) is 4.74 Å². The summed E-state index contributed by atoms with van der Waals surface area (Å²) in [4.78, 5) is 25.3. The molecule has 1 fully saturated rings. The normalized spacial score (nSPS) is 30.7. The Morgan fingerprint density at radius 2 is 2.21 bits per heavy atom. The van der Waals surface area contributed by atoms with E-state index in [1.807, 2.05) is 0 Å². The molecule has 1 aromatic heterocycles. The Hall–Kier alpha value is -1.44. The molecule has 0 radical (unpaired) electrons. The van der Waals surface area contributed by atoms with E-state index < -0.39 is 29.4 Å². The second-order valence-electron chi connectivity index (χ2n) is 4.93. The van der Waals surface area contributed by atoms with Crippen LogP contribution in [0.4, 0.5) is 0 Å². The SMILES string of the molecule is CO[C@@H]1C(O)[C@H](c2cn(C)c(=O)[nH]c2=O)C[C@@H]1CO. The molecule has 0 aliphatic heterocycles. The van der Waals surface area contributed by atoms with Gasteiger partial charge in [-0.2, -0.15) is 0 Å². The minimum Gasteiger partial charge on any atom is -0.396 e. The van der Waals surface area contributed by atoms with E-state index in [2.05, 4.69) is 4.98 Å². The van der Waals surface area contributed by atoms with Gasteiger partial charge in [-0.15, -0.1) is 0 Å². The van der Waals surface area contributed by atoms with Crippen LogP contribution >= 0.6 is 0 Å². The molecule has 0 saturated heterocycles. The average molecular weight is 270 g/mol. The third kappa shape index (κ3) is 2.36. The predicted molar refractivity (Wildman–Crippen MR) is 67.0 cm³/mol. The zero-order valence-corrected chi connectivity index (χ0v) is 10.9. The fraction of sp³-hybridized carbons (Fsp3) is 0.667. The molecule has 2 rings (SSSR count). The fourth-order valence-electron chi connectivity index (χ4n) is 2.78. The zero-order valence-electron chi connectivity index (χ0n) is 10.9. The molecule has 4 atom stereocenters. The number of aliphatic hydroxyl groups is 2. The summed E-state index contributed by atoms with van der Waals surface area (Å²) < 4.78 is 6.44. The predicted octanol–water partition coefficient (Wildman–Crippen LogP) is -1.45. The van der Waals surface area contributed by atoms with Crippen molar-refractivity contribution in [2.45, 2.75) is 24.5 Å². The first kappa shape index (κ1) is 14.0. The number of hydrogen-bond donors (Lipinski definition) is 3. The van der Waals surface area contributed by atoms with E-state index in [0.717, 1.165) is 0 Å². The maximum Gasteiger partial charge on any atom is 0.328 e. The fourth-order valence-corrected chi connectivity index (χ4v) is 2.78. The van der Waals surface area contributed by atoms with Gasteiger partial charge < -0.3 is 19.5 Å². The van der Waals surface area contributed by atoms with Crippen molar-refractivity contribution in [3.05, 3.63) is 32.6 Å². The largest absolute Gasteiger partial charge is 0.396 e. The van der Waals surface area contributed by atoms with Crippen LogP contribution in [0.3, 0.4) is 0 Å². The highest BCUT2D eigenvalue weighted by Gasteiger charge is 2.44. The van der Waals surface area contributed by atoms with Crippen LogP contribution in [0, 0.1) is 5.92 Å². The first-order valence-corrected chi connectivity index (χ1v) is 6.11. The van der Waals surface area contributed by atoms with Crippen LogP contribution in [0.2, 0.25) is 0 Å². The molecule has 1 aliphatic rings. The standard InChI is InChI=1S/C12H18N2O5/c1-14-4-8(11(17)13-12(14)18)7-3-6(5-15)10(19-2)9(7)16/h4,6-7,9-10,15-16H,3,5H2,1-2H3,(H,13,17,18)/t6-,7+,9?,10+/m1/s1. The molecule has 0 aromatic carbocycles. The number of H-pyrrole nitrogens is 1. The van der Waals surface area contributed by atoms with Crippen LogP contribution in [0.1, 0.15) is 17.9 Å². The lowest BCUT2D eigenvalue weighted by atomic mass is 9.97. The van der Waals surface area contributed by atoms with E-state index in [1.165, 1.54) is 24.9 Å². The van der Waals surface area contributed by atoms with Gasteiger partial charge in [-0.1, -0.05) is 0 Å². The van der Waals surface area contributed by atoms with Gasteiger partial charge in [-0.3, -0.25) is 9.78 Å². The summed E-state index contributed by atoms with van der Waals surface area (Å²) in [6.45, 7) is -0.115. The van der Waals surface area contributed by atoms with Gasteiger partial charge in [0.1, 0.15) is 0 Å². The van der Waals surface area contributed by atoms with E-state index in [1.54, 1.807) is 0 Å². The molecule has 1 heterocycles. The van der Waals surface area contributed by atoms with Crippen LogP contribution in [0.15, 0.2) is 15.8 Å². The number of aromatic amines is 1. The topological polar surface area (TPSA) is 105 Å². The van der Waals surface area contributed by atoms with Gasteiger partial charge in [0.15, 0.2) is 0 Å². The Bertz CT molecular complexity index is 564. The molecule has 1 unspecified atom stereocenters. The van der Waals surface area contributed by atoms with E-state index in [9.17, 15) is 19.8 Å². The number of hydrogen-bond acceptors (Lipinski definition) is 5. The van der Waals surface area contributed by atoms with Crippen molar-refractivity contribution in [1.82, 2.24) is 9.55 Å². The Morgan fingerprint density at radius 3 is 2.74 bits per heavy atom. The Morgan fingerprint density at radius 1 is 1.53 bits per heavy atom. The third-order valence-electron chi connectivity index (χ3n) is 3.81. The summed E-state index contributed by atoms with van der Waals surface area (Å²) >= 11 is 0. The lowest BCUT2D eigenvalue weighted by molar-refractivity contribution is -0.0277. The van der Waals surface area contributed by atoms with Gasteiger partial charge in [0, 0.05) is 44.4 Å². The number of aliphatic hydroxyl groups excluding tert-OH is 2. The number of aryl methyl sites for hydroxylation is 1. The van der Waals surface area contributed by atoms with Crippen LogP contribution < -0.4 is 11.2 Å². The number of aromatic nitrogens is 2. The Labute approximate surface area is 109 Å². The van der Waals surface area contributed by atoms with Crippen molar-refractivity contribution < 1.29 is 14.9 Å². The molecule has 106 valence electrons. The molecule has 0 spiro atoms. The molecule has 19 heavy (non-hydrogen) atoms. The van der Waals surface area contributed by atoms with E-state index in [-0.39, 0.29) is 12.5 Å². The number of ether oxygens (including phenoxy) is 1. The van der Waals surface area contributed by atoms with Crippen molar-refractivity contribution in [3.63, 3.8) is 0 Å². The Balaban J connectivity index is 2.41. The highest BCUT2D eigenvalue weighted by atomic mass is 16.5. The van der Waals surface area contributed by atoms with Crippen LogP contribution in [-0.4, -0.2) is 45.7 Å². The maximum absolute atomic E-state index is 11.8. The first-order valence-electron chi connectivity index (χ1n) is 6.11. The van der Waals surface area contributed by atoms with Crippen molar-refractivity contribution in [2.75, 3.05) is 13.7 Å². The summed E-state index contributed by atoms with van der Waals surface area (Å²) in [6, 6.07) is 0. The van der Waals surface area contributed by atoms with Crippen molar-refractivity contribution in [2.24, 2.45) is 13.0 Å². The minimum atomic E-state index is -0.874. The molecule has 1 saturated carbocycles. The molecular formula is C12H18N2O5. The Kier molecular flexibility index (Phi) is 3.88. The molecule has 7 heteroatoms. The van der Waals surface area contributed by atoms with Crippen molar-refractivity contribution in [3.8, 4) is 0 Å². The van der Waals surface area contributed by atoms with Crippen molar-refractivity contribution >= 4 is 0 Å². The van der Waals surface area contributed by atoms with Crippen LogP contribution in [0.25, 0.3) is 0 Å². The smallest absolute Gasteiger partial charge is 0.328 e. The molecule has 3 N–H and O–H groups in total. The van der Waals surface area contributed by atoms with Gasteiger partial charge in [-0.05, 0) is 6.42 Å². The van der Waals surface area contributed by atoms with E-state index >= 15 is 0 Å². The summed E-state index contributed by atoms with van der Waals surface area (Å²) in [5.74, 6) is -0.667. The van der Waals surface area contributed by atoms with Crippen LogP contribution in [0.5, 0.6) is 0 Å². The van der Waals surface area contributed by atoms with Gasteiger partial charge in [0.2, 0.25) is 0 Å². The molecule has 1 aliphatic carbocycles. The minimum absolute atomic E-state index is 0.115. The molecule has 1 aromatic rings. The second-order valence-corrected chi connectivity index (χ2v) is 4.93. The quantitative estimate of drug-likeness (QED) is 0.623. The van der Waals surface area contributed by atoms with Crippen LogP contribution in [-0.2, 0) is 11.8 Å². The van der Waals surface area contributed by atoms with Gasteiger partial charge >= 0.3 is 5.69 Å². The lowest BCUT2D eigenvalue weighted by Crippen LogP contribution is -2.35. The summed E-state index contributed by atoms with van der Waals surface area (Å²) in [7, 11) is 2.99. The summed E-state index contributed by atoms with van der Waals surface area (Å²) in [5.41, 5.74) is -0.656. The lowest BCUT2D eigenvalue weighted by Gasteiger charge is -2.20. The monoisotopic (exact) mass is 270 g/mol.